The van der Waals surface area contributed by atoms with Gasteiger partial charge in [0.05, 0.1) is 11.5 Å². The van der Waals surface area contributed by atoms with Crippen molar-refractivity contribution in [2.45, 2.75) is 57.5 Å². The molecule has 0 heterocycles. The SMILES string of the molecule is CC1CCC(C#N)(C2(O)CCC(C)c3ccccc32)C1. The molecule has 0 bridgehead atoms. The highest BCUT2D eigenvalue weighted by molar-refractivity contribution is 5.41. The topological polar surface area (TPSA) is 44.0 Å². The van der Waals surface area contributed by atoms with E-state index in [0.717, 1.165) is 31.2 Å². The van der Waals surface area contributed by atoms with E-state index in [9.17, 15) is 10.4 Å². The van der Waals surface area contributed by atoms with E-state index in [2.05, 4.69) is 26.0 Å². The summed E-state index contributed by atoms with van der Waals surface area (Å²) in [4.78, 5) is 0. The minimum absolute atomic E-state index is 0.473. The van der Waals surface area contributed by atoms with Crippen molar-refractivity contribution in [2.75, 3.05) is 0 Å². The highest BCUT2D eigenvalue weighted by atomic mass is 16.3. The Kier molecular flexibility index (Phi) is 3.14. The molecule has 2 nitrogen and oxygen atoms in total. The van der Waals surface area contributed by atoms with Crippen LogP contribution in [0.25, 0.3) is 0 Å². The predicted molar refractivity (Wildman–Crippen MR) is 79.0 cm³/mol. The minimum atomic E-state index is -0.963. The maximum absolute atomic E-state index is 11.5. The van der Waals surface area contributed by atoms with Crippen LogP contribution in [0.2, 0.25) is 0 Å². The Hall–Kier alpha value is -1.33. The highest BCUT2D eigenvalue weighted by Crippen LogP contribution is 2.58. The third kappa shape index (κ3) is 1.73. The number of nitrogens with zero attached hydrogens (tertiary/aromatic N) is 1. The summed E-state index contributed by atoms with van der Waals surface area (Å²) in [7, 11) is 0. The summed E-state index contributed by atoms with van der Waals surface area (Å²) in [6.45, 7) is 4.41. The molecule has 0 radical (unpaired) electrons. The first-order valence-electron chi connectivity index (χ1n) is 7.75. The molecule has 3 rings (SSSR count). The molecule has 1 saturated carbocycles. The standard InChI is InChI=1S/C18H23NO/c1-13-7-9-17(11-13,12-19)18(20)10-8-14(2)15-5-3-4-6-16(15)18/h3-6,13-14,20H,7-11H2,1-2H3. The fourth-order valence-electron chi connectivity index (χ4n) is 4.38. The van der Waals surface area contributed by atoms with E-state index in [0.29, 0.717) is 18.3 Å². The molecule has 20 heavy (non-hydrogen) atoms. The van der Waals surface area contributed by atoms with Crippen LogP contribution in [-0.2, 0) is 5.60 Å². The Morgan fingerprint density at radius 2 is 1.95 bits per heavy atom. The molecule has 0 saturated heterocycles. The summed E-state index contributed by atoms with van der Waals surface area (Å²) >= 11 is 0. The molecular weight excluding hydrogens is 246 g/mol. The molecule has 0 spiro atoms. The minimum Gasteiger partial charge on any atom is -0.383 e. The molecule has 0 aliphatic heterocycles. The van der Waals surface area contributed by atoms with Crippen LogP contribution in [0.3, 0.4) is 0 Å². The van der Waals surface area contributed by atoms with Crippen LogP contribution in [0.15, 0.2) is 24.3 Å². The monoisotopic (exact) mass is 269 g/mol. The van der Waals surface area contributed by atoms with Gasteiger partial charge >= 0.3 is 0 Å². The van der Waals surface area contributed by atoms with Gasteiger partial charge < -0.3 is 5.11 Å². The molecular formula is C18H23NO. The van der Waals surface area contributed by atoms with E-state index in [1.54, 1.807) is 0 Å². The smallest absolute Gasteiger partial charge is 0.108 e. The second-order valence-electron chi connectivity index (χ2n) is 6.93. The maximum Gasteiger partial charge on any atom is 0.108 e. The van der Waals surface area contributed by atoms with Gasteiger partial charge in [-0.15, -0.1) is 0 Å². The zero-order valence-electron chi connectivity index (χ0n) is 12.4. The van der Waals surface area contributed by atoms with Gasteiger partial charge in [0.1, 0.15) is 5.60 Å². The molecule has 0 amide bonds. The van der Waals surface area contributed by atoms with E-state index in [-0.39, 0.29) is 0 Å². The lowest BCUT2D eigenvalue weighted by molar-refractivity contribution is -0.0763. The molecule has 0 aromatic heterocycles. The van der Waals surface area contributed by atoms with E-state index in [1.807, 2.05) is 18.2 Å². The Morgan fingerprint density at radius 3 is 2.60 bits per heavy atom. The molecule has 1 aromatic rings. The first-order chi connectivity index (χ1) is 9.52. The highest BCUT2D eigenvalue weighted by Gasteiger charge is 2.56. The lowest BCUT2D eigenvalue weighted by Gasteiger charge is -2.46. The lowest BCUT2D eigenvalue weighted by Crippen LogP contribution is -2.46. The summed E-state index contributed by atoms with van der Waals surface area (Å²) < 4.78 is 0. The summed E-state index contributed by atoms with van der Waals surface area (Å²) in [6, 6.07) is 10.7. The van der Waals surface area contributed by atoms with Crippen molar-refractivity contribution in [3.05, 3.63) is 35.4 Å². The predicted octanol–water partition coefficient (Wildman–Crippen LogP) is 4.10. The van der Waals surface area contributed by atoms with Crippen molar-refractivity contribution in [3.8, 4) is 6.07 Å². The molecule has 106 valence electrons. The van der Waals surface area contributed by atoms with Crippen LogP contribution >= 0.6 is 0 Å². The van der Waals surface area contributed by atoms with Crippen molar-refractivity contribution >= 4 is 0 Å². The molecule has 1 aromatic carbocycles. The fraction of sp³-hybridized carbons (Fsp3) is 0.611. The number of benzene rings is 1. The Morgan fingerprint density at radius 1 is 1.20 bits per heavy atom. The molecule has 2 aliphatic rings. The van der Waals surface area contributed by atoms with Crippen LogP contribution < -0.4 is 0 Å². The Bertz CT molecular complexity index is 561. The van der Waals surface area contributed by atoms with Gasteiger partial charge in [0.2, 0.25) is 0 Å². The Balaban J connectivity index is 2.13. The fourth-order valence-corrected chi connectivity index (χ4v) is 4.38. The summed E-state index contributed by atoms with van der Waals surface area (Å²) in [5.41, 5.74) is 0.683. The largest absolute Gasteiger partial charge is 0.383 e. The van der Waals surface area contributed by atoms with Gasteiger partial charge in [-0.05, 0) is 55.1 Å². The number of aliphatic hydroxyl groups is 1. The van der Waals surface area contributed by atoms with Gasteiger partial charge in [-0.2, -0.15) is 5.26 Å². The van der Waals surface area contributed by atoms with E-state index in [4.69, 9.17) is 0 Å². The Labute approximate surface area is 121 Å². The van der Waals surface area contributed by atoms with Crippen LogP contribution in [0, 0.1) is 22.7 Å². The van der Waals surface area contributed by atoms with Gasteiger partial charge in [-0.3, -0.25) is 0 Å². The first-order valence-corrected chi connectivity index (χ1v) is 7.75. The molecule has 4 unspecified atom stereocenters. The number of hydrogen-bond donors (Lipinski definition) is 1. The maximum atomic E-state index is 11.5. The van der Waals surface area contributed by atoms with Crippen LogP contribution in [0.1, 0.15) is 63.0 Å². The molecule has 1 fully saturated rings. The van der Waals surface area contributed by atoms with E-state index < -0.39 is 11.0 Å². The number of rotatable bonds is 1. The second-order valence-corrected chi connectivity index (χ2v) is 6.93. The van der Waals surface area contributed by atoms with Gasteiger partial charge in [0.25, 0.3) is 0 Å². The van der Waals surface area contributed by atoms with Crippen molar-refractivity contribution in [1.29, 1.82) is 5.26 Å². The number of nitriles is 1. The number of hydrogen-bond acceptors (Lipinski definition) is 2. The molecule has 1 N–H and O–H groups in total. The van der Waals surface area contributed by atoms with Crippen molar-refractivity contribution in [1.82, 2.24) is 0 Å². The number of fused-ring (bicyclic) bond motifs is 1. The average molecular weight is 269 g/mol. The average Bonchev–Trinajstić information content (AvgIpc) is 2.87. The van der Waals surface area contributed by atoms with Gasteiger partial charge in [-0.1, -0.05) is 38.1 Å². The van der Waals surface area contributed by atoms with Crippen molar-refractivity contribution in [3.63, 3.8) is 0 Å². The van der Waals surface area contributed by atoms with E-state index >= 15 is 0 Å². The second kappa shape index (κ2) is 4.60. The third-order valence-electron chi connectivity index (χ3n) is 5.64. The van der Waals surface area contributed by atoms with Crippen molar-refractivity contribution in [2.24, 2.45) is 11.3 Å². The summed E-state index contributed by atoms with van der Waals surface area (Å²) in [5, 5.41) is 21.3. The van der Waals surface area contributed by atoms with Crippen LogP contribution in [0.5, 0.6) is 0 Å². The van der Waals surface area contributed by atoms with Crippen LogP contribution in [-0.4, -0.2) is 5.11 Å². The molecule has 2 aliphatic carbocycles. The zero-order chi connectivity index (χ0) is 14.4. The van der Waals surface area contributed by atoms with Gasteiger partial charge in [-0.25, -0.2) is 0 Å². The van der Waals surface area contributed by atoms with E-state index in [1.165, 1.54) is 5.56 Å². The van der Waals surface area contributed by atoms with Gasteiger partial charge in [0, 0.05) is 0 Å². The normalized spacial score (nSPS) is 40.1. The van der Waals surface area contributed by atoms with Crippen LogP contribution in [0.4, 0.5) is 0 Å². The van der Waals surface area contributed by atoms with Crippen molar-refractivity contribution < 1.29 is 5.11 Å². The third-order valence-corrected chi connectivity index (χ3v) is 5.64. The van der Waals surface area contributed by atoms with Gasteiger partial charge in [0.15, 0.2) is 0 Å². The molecule has 2 heteroatoms. The summed E-state index contributed by atoms with van der Waals surface area (Å²) in [5.74, 6) is 1.01. The quantitative estimate of drug-likeness (QED) is 0.834. The lowest BCUT2D eigenvalue weighted by atomic mass is 9.60. The first kappa shape index (κ1) is 13.6. The zero-order valence-corrected chi connectivity index (χ0v) is 12.4. The molecule has 4 atom stereocenters. The summed E-state index contributed by atoms with van der Waals surface area (Å²) in [6.07, 6.45) is 4.37.